The van der Waals surface area contributed by atoms with Gasteiger partial charge in [-0.1, -0.05) is 6.92 Å². The number of anilines is 3. The van der Waals surface area contributed by atoms with Gasteiger partial charge in [0.1, 0.15) is 11.9 Å². The summed E-state index contributed by atoms with van der Waals surface area (Å²) in [6, 6.07) is 12.4. The van der Waals surface area contributed by atoms with Crippen molar-refractivity contribution in [1.82, 2.24) is 4.98 Å². The lowest BCUT2D eigenvalue weighted by Crippen LogP contribution is -2.51. The number of aromatic nitrogens is 1. The number of nitriles is 1. The average molecular weight is 432 g/mol. The van der Waals surface area contributed by atoms with Crippen molar-refractivity contribution in [1.29, 1.82) is 5.26 Å². The van der Waals surface area contributed by atoms with Crippen molar-refractivity contribution in [2.45, 2.75) is 38.8 Å². The lowest BCUT2D eigenvalue weighted by molar-refractivity contribution is -0.117. The molecule has 2 aliphatic heterocycles. The van der Waals surface area contributed by atoms with Gasteiger partial charge in [0.15, 0.2) is 0 Å². The minimum atomic E-state index is 0.0210. The van der Waals surface area contributed by atoms with Crippen LogP contribution in [-0.2, 0) is 9.53 Å². The topological polar surface area (TPSA) is 81.5 Å². The Morgan fingerprint density at radius 3 is 2.62 bits per heavy atom. The maximum Gasteiger partial charge on any atom is 0.224 e. The van der Waals surface area contributed by atoms with Crippen LogP contribution < -0.4 is 15.1 Å². The van der Waals surface area contributed by atoms with Crippen molar-refractivity contribution in [3.8, 4) is 6.07 Å². The van der Waals surface area contributed by atoms with E-state index in [9.17, 15) is 4.79 Å². The quantitative estimate of drug-likeness (QED) is 0.795. The van der Waals surface area contributed by atoms with Crippen molar-refractivity contribution in [3.05, 3.63) is 47.7 Å². The van der Waals surface area contributed by atoms with Crippen molar-refractivity contribution in [3.63, 3.8) is 0 Å². The zero-order valence-corrected chi connectivity index (χ0v) is 18.6. The van der Waals surface area contributed by atoms with Crippen LogP contribution in [-0.4, -0.2) is 43.2 Å². The lowest BCUT2D eigenvalue weighted by Gasteiger charge is -2.46. The number of nitrogens with one attached hydrogen (secondary N) is 1. The first-order valence-electron chi connectivity index (χ1n) is 11.5. The highest BCUT2D eigenvalue weighted by atomic mass is 16.5. The van der Waals surface area contributed by atoms with Crippen LogP contribution in [0.3, 0.4) is 0 Å². The standard InChI is InChI=1S/C25H29N5O2/c1-16-24(28-23-8-3-18(14-26)15-27-23)21-13-20(29-9-11-32-12-10-29)6-7-22(21)30(17(2)31)25(16)19-4-5-19/h3,6-8,13,15-16,19,24-25H,4-5,9-12H2,1-2H3,(H,27,28)/t16-,24?,25?/m1/s1. The van der Waals surface area contributed by atoms with Gasteiger partial charge < -0.3 is 19.9 Å². The summed E-state index contributed by atoms with van der Waals surface area (Å²) in [7, 11) is 0. The molecule has 3 aliphatic rings. The number of rotatable bonds is 4. The average Bonchev–Trinajstić information content (AvgIpc) is 3.66. The van der Waals surface area contributed by atoms with Crippen molar-refractivity contribution < 1.29 is 9.53 Å². The minimum Gasteiger partial charge on any atom is -0.378 e. The van der Waals surface area contributed by atoms with Crippen molar-refractivity contribution in [2.75, 3.05) is 41.4 Å². The Bertz CT molecular complexity index is 1040. The van der Waals surface area contributed by atoms with Crippen molar-refractivity contribution in [2.24, 2.45) is 11.8 Å². The Morgan fingerprint density at radius 1 is 1.22 bits per heavy atom. The molecule has 3 atom stereocenters. The van der Waals surface area contributed by atoms with Gasteiger partial charge in [0, 0.05) is 55.1 Å². The van der Waals surface area contributed by atoms with Crippen LogP contribution >= 0.6 is 0 Å². The Morgan fingerprint density at radius 2 is 2.00 bits per heavy atom. The SMILES string of the molecule is CC(=O)N1c2ccc(N3CCOCC3)cc2C(Nc2ccc(C#N)cn2)[C@@H](C)C1C1CC1. The molecule has 2 aromatic rings. The molecule has 1 saturated carbocycles. The van der Waals surface area contributed by atoms with Gasteiger partial charge in [0.25, 0.3) is 0 Å². The molecule has 1 N–H and O–H groups in total. The molecule has 0 bridgehead atoms. The van der Waals surface area contributed by atoms with Gasteiger partial charge >= 0.3 is 0 Å². The van der Waals surface area contributed by atoms with E-state index in [2.05, 4.69) is 46.4 Å². The second-order valence-electron chi connectivity index (χ2n) is 9.08. The normalized spacial score (nSPS) is 25.1. The predicted molar refractivity (Wildman–Crippen MR) is 124 cm³/mol. The molecule has 1 aromatic carbocycles. The van der Waals surface area contributed by atoms with E-state index in [-0.39, 0.29) is 23.9 Å². The number of carbonyl (C=O) groups is 1. The maximum atomic E-state index is 12.8. The van der Waals surface area contributed by atoms with Crippen LogP contribution in [0.4, 0.5) is 17.2 Å². The van der Waals surface area contributed by atoms with Gasteiger partial charge in [-0.15, -0.1) is 0 Å². The summed E-state index contributed by atoms with van der Waals surface area (Å²) in [5, 5.41) is 12.7. The lowest BCUT2D eigenvalue weighted by atomic mass is 9.79. The predicted octanol–water partition coefficient (Wildman–Crippen LogP) is 3.72. The Kier molecular flexibility index (Phi) is 5.48. The zero-order valence-electron chi connectivity index (χ0n) is 18.6. The van der Waals surface area contributed by atoms with E-state index in [0.29, 0.717) is 11.5 Å². The van der Waals surface area contributed by atoms with Gasteiger partial charge in [-0.25, -0.2) is 4.98 Å². The highest BCUT2D eigenvalue weighted by Crippen LogP contribution is 2.50. The molecule has 1 saturated heterocycles. The van der Waals surface area contributed by atoms with Crippen LogP contribution in [0.25, 0.3) is 0 Å². The smallest absolute Gasteiger partial charge is 0.224 e. The Hall–Kier alpha value is -3.11. The van der Waals surface area contributed by atoms with E-state index in [1.807, 2.05) is 11.0 Å². The number of fused-ring (bicyclic) bond motifs is 1. The van der Waals surface area contributed by atoms with E-state index in [4.69, 9.17) is 10.00 Å². The van der Waals surface area contributed by atoms with Crippen LogP contribution in [0.2, 0.25) is 0 Å². The van der Waals surface area contributed by atoms with E-state index in [1.165, 1.54) is 12.8 Å². The third-order valence-electron chi connectivity index (χ3n) is 6.98. The fraction of sp³-hybridized carbons (Fsp3) is 0.480. The summed E-state index contributed by atoms with van der Waals surface area (Å²) in [6.45, 7) is 7.11. The number of pyridine rings is 1. The molecule has 3 heterocycles. The summed E-state index contributed by atoms with van der Waals surface area (Å²) in [4.78, 5) is 21.6. The molecule has 2 fully saturated rings. The highest BCUT2D eigenvalue weighted by Gasteiger charge is 2.47. The van der Waals surface area contributed by atoms with Crippen molar-refractivity contribution >= 4 is 23.1 Å². The van der Waals surface area contributed by atoms with Gasteiger partial charge in [0.2, 0.25) is 5.91 Å². The molecule has 2 unspecified atom stereocenters. The fourth-order valence-corrected chi connectivity index (χ4v) is 5.28. The Balaban J connectivity index is 1.56. The van der Waals surface area contributed by atoms with Crippen LogP contribution in [0.15, 0.2) is 36.5 Å². The molecular weight excluding hydrogens is 402 g/mol. The number of amides is 1. The summed E-state index contributed by atoms with van der Waals surface area (Å²) in [5.41, 5.74) is 3.82. The molecule has 1 amide bonds. The first-order valence-corrected chi connectivity index (χ1v) is 11.5. The fourth-order valence-electron chi connectivity index (χ4n) is 5.28. The van der Waals surface area contributed by atoms with E-state index in [1.54, 1.807) is 19.2 Å². The van der Waals surface area contributed by atoms with Crippen LogP contribution in [0.1, 0.15) is 43.9 Å². The van der Waals surface area contributed by atoms with Gasteiger partial charge in [-0.05, 0) is 49.1 Å². The molecule has 1 aliphatic carbocycles. The number of carbonyl (C=O) groups excluding carboxylic acids is 1. The summed E-state index contributed by atoms with van der Waals surface area (Å²) < 4.78 is 5.53. The molecule has 166 valence electrons. The van der Waals surface area contributed by atoms with E-state index in [0.717, 1.165) is 49.1 Å². The van der Waals surface area contributed by atoms with Crippen LogP contribution in [0.5, 0.6) is 0 Å². The largest absolute Gasteiger partial charge is 0.378 e. The third kappa shape index (κ3) is 3.80. The Labute approximate surface area is 189 Å². The minimum absolute atomic E-state index is 0.0210. The second kappa shape index (κ2) is 8.44. The van der Waals surface area contributed by atoms with E-state index >= 15 is 0 Å². The molecular formula is C25H29N5O2. The van der Waals surface area contributed by atoms with Gasteiger partial charge in [0.05, 0.1) is 24.8 Å². The second-order valence-corrected chi connectivity index (χ2v) is 9.08. The highest BCUT2D eigenvalue weighted by molar-refractivity contribution is 5.94. The first kappa shape index (κ1) is 20.8. The molecule has 1 aromatic heterocycles. The summed E-state index contributed by atoms with van der Waals surface area (Å²) in [6.07, 6.45) is 3.94. The van der Waals surface area contributed by atoms with Gasteiger partial charge in [-0.3, -0.25) is 4.79 Å². The number of morpholine rings is 1. The molecule has 7 heteroatoms. The summed E-state index contributed by atoms with van der Waals surface area (Å²) in [5.74, 6) is 1.61. The first-order chi connectivity index (χ1) is 15.6. The maximum absolute atomic E-state index is 12.8. The molecule has 32 heavy (non-hydrogen) atoms. The third-order valence-corrected chi connectivity index (χ3v) is 6.98. The molecule has 5 rings (SSSR count). The summed E-state index contributed by atoms with van der Waals surface area (Å²) >= 11 is 0. The number of nitrogens with zero attached hydrogens (tertiary/aromatic N) is 4. The molecule has 0 radical (unpaired) electrons. The molecule has 0 spiro atoms. The monoisotopic (exact) mass is 431 g/mol. The molecule has 7 nitrogen and oxygen atoms in total. The number of ether oxygens (including phenoxy) is 1. The van der Waals surface area contributed by atoms with Crippen LogP contribution in [0, 0.1) is 23.2 Å². The van der Waals surface area contributed by atoms with Gasteiger partial charge in [-0.2, -0.15) is 5.26 Å². The number of hydrogen-bond donors (Lipinski definition) is 1. The van der Waals surface area contributed by atoms with E-state index < -0.39 is 0 Å². The zero-order chi connectivity index (χ0) is 22.2. The number of hydrogen-bond acceptors (Lipinski definition) is 6. The number of benzene rings is 1.